The van der Waals surface area contributed by atoms with Crippen molar-refractivity contribution in [2.75, 3.05) is 23.4 Å². The largest absolute Gasteiger partial charge is 0.417 e. The number of alkyl halides is 3. The van der Waals surface area contributed by atoms with Crippen molar-refractivity contribution in [1.82, 2.24) is 24.9 Å². The molecular weight excluding hydrogens is 822 g/mol. The molecule has 7 rings (SSSR count). The third kappa shape index (κ3) is 8.83. The van der Waals surface area contributed by atoms with E-state index in [1.54, 1.807) is 24.6 Å². The maximum absolute atomic E-state index is 13.8. The molecule has 13 nitrogen and oxygen atoms in total. The van der Waals surface area contributed by atoms with Gasteiger partial charge in [-0.05, 0) is 128 Å². The number of thiocarbonyl (C=S) groups is 1. The summed E-state index contributed by atoms with van der Waals surface area (Å²) in [6.45, 7) is 8.82. The predicted octanol–water partition coefficient (Wildman–Crippen LogP) is 6.97. The predicted molar refractivity (Wildman–Crippen MR) is 231 cm³/mol. The highest BCUT2D eigenvalue weighted by Crippen LogP contribution is 2.42. The van der Waals surface area contributed by atoms with Gasteiger partial charge in [0, 0.05) is 50.1 Å². The van der Waals surface area contributed by atoms with Crippen LogP contribution in [-0.2, 0) is 37.1 Å². The molecule has 2 unspecified atom stereocenters. The zero-order chi connectivity index (χ0) is 44.7. The lowest BCUT2D eigenvalue weighted by Crippen LogP contribution is -2.56. The van der Waals surface area contributed by atoms with Crippen LogP contribution in [0.2, 0.25) is 0 Å². The fourth-order valence-corrected chi connectivity index (χ4v) is 11.0. The summed E-state index contributed by atoms with van der Waals surface area (Å²) in [6.07, 6.45) is 3.98. The Morgan fingerprint density at radius 2 is 1.79 bits per heavy atom. The Hall–Kier alpha value is -4.92. The number of benzene rings is 2. The molecule has 1 aliphatic carbocycles. The van der Waals surface area contributed by atoms with E-state index in [0.717, 1.165) is 86.4 Å². The number of aldehydes is 1. The maximum Gasteiger partial charge on any atom is 0.417 e. The number of hydrogen-bond donors (Lipinski definition) is 2. The van der Waals surface area contributed by atoms with Crippen LogP contribution in [0.3, 0.4) is 0 Å². The van der Waals surface area contributed by atoms with Crippen molar-refractivity contribution in [3.05, 3.63) is 53.2 Å². The zero-order valence-electron chi connectivity index (χ0n) is 35.8. The fourth-order valence-electron chi connectivity index (χ4n) is 10.4. The van der Waals surface area contributed by atoms with E-state index in [-0.39, 0.29) is 59.3 Å². The molecule has 3 saturated heterocycles. The number of rotatable bonds is 13. The number of amides is 3. The van der Waals surface area contributed by atoms with Gasteiger partial charge in [0.15, 0.2) is 5.11 Å². The Kier molecular flexibility index (Phi) is 13.1. The van der Waals surface area contributed by atoms with Gasteiger partial charge in [0.1, 0.15) is 11.8 Å². The minimum Gasteiger partial charge on any atom is -0.381 e. The van der Waals surface area contributed by atoms with E-state index < -0.39 is 34.7 Å². The monoisotopic (exact) mass is 876 g/mol. The van der Waals surface area contributed by atoms with E-state index in [4.69, 9.17) is 17.0 Å². The Morgan fingerprint density at radius 3 is 2.44 bits per heavy atom. The maximum atomic E-state index is 13.8. The number of piperidine rings is 2. The van der Waals surface area contributed by atoms with Crippen LogP contribution in [0.25, 0.3) is 10.9 Å². The van der Waals surface area contributed by atoms with Gasteiger partial charge in [0.05, 0.1) is 57.8 Å². The van der Waals surface area contributed by atoms with Gasteiger partial charge in [-0.25, -0.2) is 0 Å². The minimum atomic E-state index is -4.76. The SMILES string of the molecule is C[C@@H]1C[C@H](OCCC[C@H]2CC[C@H](N3C(=S)N(c4ccc(C#N)c(C(F)(F)F)c4)C(=O)C3(C)C)CC2)C[C@H](C)N1C(C=O)CNc1cccc2c(C3CCC(=O)NC3=O)nn(C)c12. The number of aryl methyl sites for hydroxylation is 1. The standard InChI is InChI=1S/C45H55F3N8O5S/c1-26-20-33(21-27(2)54(26)32(25-57)24-50-37-10-6-9-34-39(52-53(5)40(34)37)35-17-18-38(58)51-41(35)59)61-19-7-8-28-11-14-30(15-12-28)56-43(62)55(42(60)44(56,3)4)31-16-13-29(23-49)36(22-31)45(46,47)48/h6,9-10,13,16,22,25-28,30,32-33,35,50H,7-8,11-12,14-15,17-21,24H2,1-5H3,(H,51,58,59)/t26-,27+,28-,30-,32?,33+,35?. The van der Waals surface area contributed by atoms with Crippen LogP contribution in [0.1, 0.15) is 115 Å². The number of hydrogen-bond acceptors (Lipinski definition) is 10. The van der Waals surface area contributed by atoms with Crippen molar-refractivity contribution in [3.63, 3.8) is 0 Å². The molecule has 3 aliphatic heterocycles. The lowest BCUT2D eigenvalue weighted by molar-refractivity contribution is -0.138. The number of nitriles is 1. The highest BCUT2D eigenvalue weighted by molar-refractivity contribution is 7.80. The first-order valence-electron chi connectivity index (χ1n) is 21.6. The van der Waals surface area contributed by atoms with Crippen molar-refractivity contribution in [2.45, 2.75) is 140 Å². The number of aromatic nitrogens is 2. The summed E-state index contributed by atoms with van der Waals surface area (Å²) in [5.74, 6) is -1.03. The second-order valence-electron chi connectivity index (χ2n) is 17.9. The Labute approximate surface area is 365 Å². The second-order valence-corrected chi connectivity index (χ2v) is 18.3. The number of anilines is 2. The number of likely N-dealkylation sites (tertiary alicyclic amines) is 1. The van der Waals surface area contributed by atoms with Gasteiger partial charge in [0.2, 0.25) is 11.8 Å². The first-order valence-corrected chi connectivity index (χ1v) is 22.0. The van der Waals surface area contributed by atoms with Gasteiger partial charge in [-0.1, -0.05) is 12.1 Å². The summed E-state index contributed by atoms with van der Waals surface area (Å²) in [7, 11) is 1.83. The zero-order valence-corrected chi connectivity index (χ0v) is 36.7. The van der Waals surface area contributed by atoms with E-state index in [2.05, 4.69) is 34.5 Å². The highest BCUT2D eigenvalue weighted by atomic mass is 32.1. The molecule has 4 heterocycles. The topological polar surface area (TPSA) is 153 Å². The lowest BCUT2D eigenvalue weighted by atomic mass is 9.82. The Morgan fingerprint density at radius 1 is 1.08 bits per heavy atom. The van der Waals surface area contributed by atoms with Gasteiger partial charge >= 0.3 is 6.18 Å². The first kappa shape index (κ1) is 45.1. The molecule has 5 atom stereocenters. The molecule has 0 spiro atoms. The molecule has 0 radical (unpaired) electrons. The number of nitrogens with zero attached hydrogens (tertiary/aromatic N) is 6. The normalized spacial score (nSPS) is 26.4. The molecule has 1 saturated carbocycles. The third-order valence-electron chi connectivity index (χ3n) is 13.4. The molecule has 3 amide bonds. The van der Waals surface area contributed by atoms with Gasteiger partial charge in [0.25, 0.3) is 5.91 Å². The summed E-state index contributed by atoms with van der Waals surface area (Å²) in [5, 5.41) is 20.9. The lowest BCUT2D eigenvalue weighted by Gasteiger charge is -2.45. The molecule has 62 heavy (non-hydrogen) atoms. The number of carbonyl (C=O) groups excluding carboxylic acids is 4. The van der Waals surface area contributed by atoms with Gasteiger partial charge in [-0.2, -0.15) is 23.5 Å². The molecule has 3 aromatic rings. The molecule has 332 valence electrons. The average molecular weight is 877 g/mol. The number of fused-ring (bicyclic) bond motifs is 1. The second kappa shape index (κ2) is 18.1. The van der Waals surface area contributed by atoms with Crippen molar-refractivity contribution >= 4 is 63.6 Å². The summed E-state index contributed by atoms with van der Waals surface area (Å²) in [5.41, 5.74) is -0.367. The van der Waals surface area contributed by atoms with E-state index >= 15 is 0 Å². The van der Waals surface area contributed by atoms with Crippen molar-refractivity contribution < 1.29 is 37.1 Å². The Balaban J connectivity index is 0.874. The number of para-hydroxylation sites is 1. The molecule has 2 aromatic carbocycles. The van der Waals surface area contributed by atoms with Crippen LogP contribution < -0.4 is 15.5 Å². The van der Waals surface area contributed by atoms with E-state index in [9.17, 15) is 37.6 Å². The number of carbonyl (C=O) groups is 4. The smallest absolute Gasteiger partial charge is 0.381 e. The molecule has 4 fully saturated rings. The summed E-state index contributed by atoms with van der Waals surface area (Å²) < 4.78 is 49.5. The molecule has 17 heteroatoms. The van der Waals surface area contributed by atoms with Crippen LogP contribution in [0.5, 0.6) is 0 Å². The summed E-state index contributed by atoms with van der Waals surface area (Å²) >= 11 is 5.77. The number of imide groups is 1. The number of nitrogens with one attached hydrogen (secondary N) is 2. The molecular formula is C45H55F3N8O5S. The highest BCUT2D eigenvalue weighted by Gasteiger charge is 2.52. The van der Waals surface area contributed by atoms with E-state index in [1.807, 2.05) is 30.1 Å². The van der Waals surface area contributed by atoms with Crippen LogP contribution in [-0.4, -0.2) is 97.7 Å². The van der Waals surface area contributed by atoms with Gasteiger partial charge in [-0.15, -0.1) is 0 Å². The van der Waals surface area contributed by atoms with Gasteiger partial charge < -0.3 is 19.7 Å². The molecule has 2 N–H and O–H groups in total. The van der Waals surface area contributed by atoms with Crippen molar-refractivity contribution in [3.8, 4) is 6.07 Å². The van der Waals surface area contributed by atoms with Crippen LogP contribution in [0.15, 0.2) is 36.4 Å². The van der Waals surface area contributed by atoms with Crippen LogP contribution in [0, 0.1) is 17.2 Å². The fraction of sp³-hybridized carbons (Fsp3) is 0.578. The number of ether oxygens (including phenoxy) is 1. The van der Waals surface area contributed by atoms with Crippen LogP contribution >= 0.6 is 12.2 Å². The van der Waals surface area contributed by atoms with Gasteiger partial charge in [-0.3, -0.25) is 34.2 Å². The molecule has 4 aliphatic rings. The van der Waals surface area contributed by atoms with E-state index in [1.165, 1.54) is 11.0 Å². The van der Waals surface area contributed by atoms with Crippen molar-refractivity contribution in [1.29, 1.82) is 5.26 Å². The average Bonchev–Trinajstić information content (AvgIpc) is 3.65. The first-order chi connectivity index (χ1) is 29.4. The van der Waals surface area contributed by atoms with E-state index in [0.29, 0.717) is 31.2 Å². The molecule has 0 bridgehead atoms. The summed E-state index contributed by atoms with van der Waals surface area (Å²) in [6, 6.07) is 10.4. The van der Waals surface area contributed by atoms with Crippen molar-refractivity contribution in [2.24, 2.45) is 13.0 Å². The quantitative estimate of drug-likeness (QED) is 0.0793. The molecule has 1 aromatic heterocycles. The summed E-state index contributed by atoms with van der Waals surface area (Å²) in [4.78, 5) is 56.0. The Bertz CT molecular complexity index is 2250. The number of halogens is 3. The minimum absolute atomic E-state index is 0.00469. The third-order valence-corrected chi connectivity index (χ3v) is 13.8. The van der Waals surface area contributed by atoms with Crippen LogP contribution in [0.4, 0.5) is 24.5 Å².